The van der Waals surface area contributed by atoms with Crippen molar-refractivity contribution in [3.05, 3.63) is 0 Å². The number of fused-ring (bicyclic) bond motifs is 7. The standard InChI is InChI=1S/C49H80O23/c1-19(15-64-44-40(61)36(57)35(56)29(14-50)69-44)7-10-49(63)20(2)32-28(72-49)12-25-23-6-5-21-11-22(8-9-47(21,3)24(23)13-31(53)48(25,32)4)68-46-41(62)37(58)42(71-45-39(60)34(55)27(52)17-66-45)30(70-46)18-67-43-38(59)33(54)26(51)16-65-43/h19-30,32-46,50-52,54-63H,5-18H2,1-4H3/t19-,20+,21+,22+,23-,24+,25+,26+,27-,28+,29-,30-,32+,33+,34+,35-,36+,37-,38-,39-,40-,41-,42-,43+,44-,45+,46-,47+,48-,49?/m1/s1. The molecule has 9 fully saturated rings. The number of rotatable bonds is 14. The normalized spacial score (nSPS) is 55.2. The van der Waals surface area contributed by atoms with E-state index in [4.69, 9.17) is 42.6 Å². The van der Waals surface area contributed by atoms with E-state index < -0.39 is 148 Å². The van der Waals surface area contributed by atoms with Gasteiger partial charge in [0.15, 0.2) is 30.9 Å². The van der Waals surface area contributed by atoms with Crippen LogP contribution in [0.5, 0.6) is 0 Å². The Kier molecular flexibility index (Phi) is 16.6. The van der Waals surface area contributed by atoms with E-state index in [9.17, 15) is 71.2 Å². The summed E-state index contributed by atoms with van der Waals surface area (Å²) in [5, 5.41) is 137. The number of carbonyl (C=O) groups is 1. The van der Waals surface area contributed by atoms with E-state index in [-0.39, 0.29) is 78.4 Å². The van der Waals surface area contributed by atoms with Gasteiger partial charge in [-0.2, -0.15) is 0 Å². The third-order valence-electron chi connectivity index (χ3n) is 19.2. The fourth-order valence-electron chi connectivity index (χ4n) is 14.7. The van der Waals surface area contributed by atoms with Crippen LogP contribution in [0.25, 0.3) is 0 Å². The molecule has 0 aromatic heterocycles. The summed E-state index contributed by atoms with van der Waals surface area (Å²) in [6.45, 7) is 6.56. The number of ether oxygens (including phenoxy) is 9. The Labute approximate surface area is 418 Å². The van der Waals surface area contributed by atoms with Crippen molar-refractivity contribution in [1.29, 1.82) is 0 Å². The van der Waals surface area contributed by atoms with Gasteiger partial charge in [0, 0.05) is 30.1 Å². The van der Waals surface area contributed by atoms with Crippen molar-refractivity contribution in [2.75, 3.05) is 33.0 Å². The Balaban J connectivity index is 0.812. The van der Waals surface area contributed by atoms with Crippen molar-refractivity contribution in [1.82, 2.24) is 0 Å². The predicted octanol–water partition coefficient (Wildman–Crippen LogP) is -3.50. The first-order chi connectivity index (χ1) is 34.0. The Morgan fingerprint density at radius 3 is 2.03 bits per heavy atom. The lowest BCUT2D eigenvalue weighted by Gasteiger charge is -2.60. The Hall–Kier alpha value is -1.21. The molecule has 0 aromatic carbocycles. The number of aliphatic hydroxyl groups is 13. The van der Waals surface area contributed by atoms with E-state index in [1.54, 1.807) is 0 Å². The minimum atomic E-state index is -1.74. The number of aliphatic hydroxyl groups excluding tert-OH is 12. The van der Waals surface area contributed by atoms with Crippen molar-refractivity contribution in [2.24, 2.45) is 52.3 Å². The number of Topliss-reactive ketones (excluding diaryl/α,β-unsaturated/α-hetero) is 1. The summed E-state index contributed by atoms with van der Waals surface area (Å²) in [7, 11) is 0. The molecule has 0 amide bonds. The molecule has 72 heavy (non-hydrogen) atoms. The van der Waals surface area contributed by atoms with Crippen LogP contribution in [0.2, 0.25) is 0 Å². The second-order valence-electron chi connectivity index (χ2n) is 23.3. The largest absolute Gasteiger partial charge is 0.394 e. The average Bonchev–Trinajstić information content (AvgIpc) is 3.80. The molecule has 23 heteroatoms. The van der Waals surface area contributed by atoms with Gasteiger partial charge in [0.2, 0.25) is 0 Å². The summed E-state index contributed by atoms with van der Waals surface area (Å²) in [5.41, 5.74) is -0.907. The van der Waals surface area contributed by atoms with Gasteiger partial charge < -0.3 is 109 Å². The van der Waals surface area contributed by atoms with E-state index in [1.165, 1.54) is 0 Å². The van der Waals surface area contributed by atoms with Crippen molar-refractivity contribution in [3.63, 3.8) is 0 Å². The van der Waals surface area contributed by atoms with Crippen LogP contribution >= 0.6 is 0 Å². The van der Waals surface area contributed by atoms with Crippen LogP contribution in [0.1, 0.15) is 85.5 Å². The molecule has 5 heterocycles. The number of carbonyl (C=O) groups excluding carboxylic acids is 1. The zero-order valence-corrected chi connectivity index (χ0v) is 41.4. The maximum Gasteiger partial charge on any atom is 0.186 e. The molecule has 1 unspecified atom stereocenters. The van der Waals surface area contributed by atoms with E-state index in [0.717, 1.165) is 19.3 Å². The highest BCUT2D eigenvalue weighted by atomic mass is 16.8. The molecule has 0 spiro atoms. The van der Waals surface area contributed by atoms with Crippen LogP contribution in [0.3, 0.4) is 0 Å². The lowest BCUT2D eigenvalue weighted by molar-refractivity contribution is -0.362. The maximum atomic E-state index is 14.8. The maximum absolute atomic E-state index is 14.8. The molecule has 9 rings (SSSR count). The molecule has 0 aromatic rings. The number of ketones is 1. The molecule has 0 bridgehead atoms. The fourth-order valence-corrected chi connectivity index (χ4v) is 14.7. The van der Waals surface area contributed by atoms with E-state index in [2.05, 4.69) is 13.8 Å². The zero-order valence-electron chi connectivity index (χ0n) is 41.4. The first-order valence-corrected chi connectivity index (χ1v) is 26.1. The molecular weight excluding hydrogens is 957 g/mol. The van der Waals surface area contributed by atoms with Crippen molar-refractivity contribution in [3.8, 4) is 0 Å². The molecule has 30 atom stereocenters. The van der Waals surface area contributed by atoms with Gasteiger partial charge in [-0.05, 0) is 80.0 Å². The highest BCUT2D eigenvalue weighted by Gasteiger charge is 2.71. The summed E-state index contributed by atoms with van der Waals surface area (Å²) in [5.74, 6) is -1.39. The summed E-state index contributed by atoms with van der Waals surface area (Å²) >= 11 is 0. The average molecular weight is 1040 g/mol. The summed E-state index contributed by atoms with van der Waals surface area (Å²) in [6, 6.07) is 0. The molecule has 0 radical (unpaired) electrons. The molecule has 9 aliphatic rings. The van der Waals surface area contributed by atoms with E-state index in [0.29, 0.717) is 32.1 Å². The van der Waals surface area contributed by atoms with E-state index >= 15 is 0 Å². The molecule has 5 aliphatic heterocycles. The molecule has 4 aliphatic carbocycles. The Morgan fingerprint density at radius 2 is 1.33 bits per heavy atom. The third-order valence-corrected chi connectivity index (χ3v) is 19.2. The van der Waals surface area contributed by atoms with E-state index in [1.807, 2.05) is 13.8 Å². The zero-order chi connectivity index (χ0) is 51.9. The van der Waals surface area contributed by atoms with Gasteiger partial charge in [-0.3, -0.25) is 4.79 Å². The van der Waals surface area contributed by atoms with Gasteiger partial charge in [-0.15, -0.1) is 0 Å². The highest BCUT2D eigenvalue weighted by molar-refractivity contribution is 5.87. The van der Waals surface area contributed by atoms with Crippen molar-refractivity contribution < 1.29 is 114 Å². The SMILES string of the molecule is C[C@H](CCC1(O)O[C@H]2C[C@H]3[C@@H]4CC[C@H]5C[C@@H](O[C@@H]6O[C@H](CO[C@@H]7OC[C@H](O)[C@H](O)[C@H]7O)[C@@H](O[C@@H]7OC[C@@H](O)[C@H](O)[C@H]7O)[C@H](O)[C@H]6O)CC[C@]5(C)[C@H]4CC(=O)[C@]3(C)[C@H]2[C@@H]1C)CO[C@@H]1O[C@H](CO)[C@@H](O)[C@H](O)[C@H]1O. The molecule has 23 nitrogen and oxygen atoms in total. The lowest BCUT2D eigenvalue weighted by Crippen LogP contribution is -2.64. The number of hydrogen-bond acceptors (Lipinski definition) is 23. The van der Waals surface area contributed by atoms with Crippen LogP contribution in [0, 0.1) is 52.3 Å². The fraction of sp³-hybridized carbons (Fsp3) is 0.980. The Morgan fingerprint density at radius 1 is 0.694 bits per heavy atom. The van der Waals surface area contributed by atoms with Gasteiger partial charge in [0.1, 0.15) is 91.2 Å². The molecular formula is C49H80O23. The molecule has 414 valence electrons. The van der Waals surface area contributed by atoms with Crippen LogP contribution in [0.15, 0.2) is 0 Å². The first kappa shape index (κ1) is 55.5. The third kappa shape index (κ3) is 9.89. The number of hydrogen-bond donors (Lipinski definition) is 13. The predicted molar refractivity (Wildman–Crippen MR) is 240 cm³/mol. The monoisotopic (exact) mass is 1040 g/mol. The minimum absolute atomic E-state index is 0.0619. The summed E-state index contributed by atoms with van der Waals surface area (Å²) in [6.07, 6.45) is -22.1. The summed E-state index contributed by atoms with van der Waals surface area (Å²) < 4.78 is 53.0. The summed E-state index contributed by atoms with van der Waals surface area (Å²) in [4.78, 5) is 14.8. The molecule has 4 saturated carbocycles. The highest BCUT2D eigenvalue weighted by Crippen LogP contribution is 2.70. The first-order valence-electron chi connectivity index (χ1n) is 26.1. The minimum Gasteiger partial charge on any atom is -0.394 e. The topological polar surface area (TPSA) is 363 Å². The van der Waals surface area contributed by atoms with Gasteiger partial charge in [-0.1, -0.05) is 27.7 Å². The van der Waals surface area contributed by atoms with Gasteiger partial charge in [0.25, 0.3) is 0 Å². The van der Waals surface area contributed by atoms with Crippen LogP contribution in [0.4, 0.5) is 0 Å². The quantitative estimate of drug-likeness (QED) is 0.0751. The second kappa shape index (κ2) is 21.6. The van der Waals surface area contributed by atoms with Crippen LogP contribution in [-0.4, -0.2) is 234 Å². The smallest absolute Gasteiger partial charge is 0.186 e. The van der Waals surface area contributed by atoms with Crippen molar-refractivity contribution in [2.45, 2.75) is 214 Å². The Bertz CT molecular complexity index is 1850. The molecule has 5 saturated heterocycles. The lowest BCUT2D eigenvalue weighted by atomic mass is 9.44. The van der Waals surface area contributed by atoms with Gasteiger partial charge in [-0.25, -0.2) is 0 Å². The van der Waals surface area contributed by atoms with Gasteiger partial charge >= 0.3 is 0 Å². The second-order valence-corrected chi connectivity index (χ2v) is 23.3. The van der Waals surface area contributed by atoms with Crippen LogP contribution in [-0.2, 0) is 47.4 Å². The molecule has 13 N–H and O–H groups in total. The van der Waals surface area contributed by atoms with Gasteiger partial charge in [0.05, 0.1) is 45.2 Å². The van der Waals surface area contributed by atoms with Crippen molar-refractivity contribution >= 4 is 5.78 Å². The van der Waals surface area contributed by atoms with Crippen LogP contribution < -0.4 is 0 Å².